The molecule has 1 aliphatic heterocycles. The largest absolute Gasteiger partial charge is 0.324 e. The summed E-state index contributed by atoms with van der Waals surface area (Å²) >= 11 is 0. The first-order chi connectivity index (χ1) is 7.52. The first-order valence-corrected chi connectivity index (χ1v) is 6.77. The van der Waals surface area contributed by atoms with E-state index in [4.69, 9.17) is 5.73 Å². The number of likely N-dealkylation sites (tertiary alicyclic amines) is 1. The zero-order chi connectivity index (χ0) is 12.2. The summed E-state index contributed by atoms with van der Waals surface area (Å²) < 4.78 is 0. The van der Waals surface area contributed by atoms with Crippen molar-refractivity contribution < 1.29 is 0 Å². The molecule has 0 amide bonds. The molecule has 0 aromatic heterocycles. The Morgan fingerprint density at radius 3 is 2.44 bits per heavy atom. The first kappa shape index (κ1) is 13.9. The average Bonchev–Trinajstić information content (AvgIpc) is 2.68. The van der Waals surface area contributed by atoms with Gasteiger partial charge in [-0.05, 0) is 39.4 Å². The minimum atomic E-state index is -0.0157. The molecule has 16 heavy (non-hydrogen) atoms. The molecule has 1 saturated heterocycles. The lowest BCUT2D eigenvalue weighted by Gasteiger charge is -2.30. The maximum atomic E-state index is 6.23. The van der Waals surface area contributed by atoms with Crippen LogP contribution in [-0.4, -0.2) is 54.1 Å². The molecule has 0 aromatic rings. The Bertz CT molecular complexity index is 199. The Kier molecular flexibility index (Phi) is 5.22. The van der Waals surface area contributed by atoms with Crippen molar-refractivity contribution in [2.45, 2.75) is 52.1 Å². The predicted molar refractivity (Wildman–Crippen MR) is 70.6 cm³/mol. The summed E-state index contributed by atoms with van der Waals surface area (Å²) in [4.78, 5) is 5.10. The van der Waals surface area contributed by atoms with E-state index in [1.165, 1.54) is 32.6 Å². The Morgan fingerprint density at radius 1 is 1.31 bits per heavy atom. The maximum Gasteiger partial charge on any atom is 0.0252 e. The van der Waals surface area contributed by atoms with E-state index in [1.54, 1.807) is 0 Å². The minimum absolute atomic E-state index is 0.0157. The van der Waals surface area contributed by atoms with Crippen molar-refractivity contribution in [1.29, 1.82) is 0 Å². The highest BCUT2D eigenvalue weighted by molar-refractivity contribution is 4.88. The molecule has 3 heteroatoms. The second-order valence-corrected chi connectivity index (χ2v) is 5.41. The number of rotatable bonds is 6. The molecule has 0 aromatic carbocycles. The van der Waals surface area contributed by atoms with Crippen LogP contribution < -0.4 is 5.73 Å². The van der Waals surface area contributed by atoms with Crippen molar-refractivity contribution in [3.05, 3.63) is 0 Å². The zero-order valence-corrected chi connectivity index (χ0v) is 11.5. The Labute approximate surface area is 101 Å². The third kappa shape index (κ3) is 3.72. The molecule has 1 aliphatic rings. The van der Waals surface area contributed by atoms with Gasteiger partial charge in [0.05, 0.1) is 0 Å². The average molecular weight is 227 g/mol. The predicted octanol–water partition coefficient (Wildman–Crippen LogP) is 1.53. The van der Waals surface area contributed by atoms with Crippen LogP contribution in [0, 0.1) is 0 Å². The van der Waals surface area contributed by atoms with Gasteiger partial charge in [0.2, 0.25) is 0 Å². The number of likely N-dealkylation sites (N-methyl/N-ethyl adjacent to an activating group) is 1. The molecule has 1 heterocycles. The summed E-state index contributed by atoms with van der Waals surface area (Å²) in [5, 5.41) is 0. The van der Waals surface area contributed by atoms with Gasteiger partial charge in [-0.15, -0.1) is 0 Å². The molecule has 0 aliphatic carbocycles. The number of nitrogens with two attached hydrogens (primary N) is 1. The molecule has 0 bridgehead atoms. The molecule has 2 N–H and O–H groups in total. The van der Waals surface area contributed by atoms with Gasteiger partial charge in [0.1, 0.15) is 0 Å². The van der Waals surface area contributed by atoms with Gasteiger partial charge < -0.3 is 5.73 Å². The van der Waals surface area contributed by atoms with E-state index in [9.17, 15) is 0 Å². The van der Waals surface area contributed by atoms with Crippen LogP contribution in [0.2, 0.25) is 0 Å². The highest BCUT2D eigenvalue weighted by atomic mass is 15.3. The third-order valence-electron chi connectivity index (χ3n) is 3.97. The second-order valence-electron chi connectivity index (χ2n) is 5.41. The second kappa shape index (κ2) is 5.99. The van der Waals surface area contributed by atoms with Gasteiger partial charge in [-0.2, -0.15) is 0 Å². The molecule has 1 rings (SSSR count). The van der Waals surface area contributed by atoms with Gasteiger partial charge >= 0.3 is 0 Å². The standard InChI is InChI=1S/C13H29N3/c1-5-13(4,14)11-15-9-8-12(10-15)16(6-2)7-3/h12H,5-11,14H2,1-4H3. The zero-order valence-electron chi connectivity index (χ0n) is 11.5. The molecule has 2 atom stereocenters. The third-order valence-corrected chi connectivity index (χ3v) is 3.97. The lowest BCUT2D eigenvalue weighted by molar-refractivity contribution is 0.196. The molecule has 1 fully saturated rings. The van der Waals surface area contributed by atoms with Gasteiger partial charge in [0.25, 0.3) is 0 Å². The van der Waals surface area contributed by atoms with Crippen molar-refractivity contribution in [2.75, 3.05) is 32.7 Å². The lowest BCUT2D eigenvalue weighted by atomic mass is 10.0. The lowest BCUT2D eigenvalue weighted by Crippen LogP contribution is -2.47. The molecule has 0 radical (unpaired) electrons. The van der Waals surface area contributed by atoms with Crippen LogP contribution in [0.4, 0.5) is 0 Å². The number of nitrogens with zero attached hydrogens (tertiary/aromatic N) is 2. The smallest absolute Gasteiger partial charge is 0.0252 e. The number of hydrogen-bond donors (Lipinski definition) is 1. The minimum Gasteiger partial charge on any atom is -0.324 e. The fourth-order valence-corrected chi connectivity index (χ4v) is 2.62. The van der Waals surface area contributed by atoms with Crippen LogP contribution in [0.15, 0.2) is 0 Å². The molecule has 96 valence electrons. The van der Waals surface area contributed by atoms with Crippen molar-refractivity contribution in [1.82, 2.24) is 9.80 Å². The van der Waals surface area contributed by atoms with Crippen LogP contribution in [0.5, 0.6) is 0 Å². The summed E-state index contributed by atoms with van der Waals surface area (Å²) in [6.07, 6.45) is 2.36. The van der Waals surface area contributed by atoms with Gasteiger partial charge in [-0.25, -0.2) is 0 Å². The fourth-order valence-electron chi connectivity index (χ4n) is 2.62. The van der Waals surface area contributed by atoms with E-state index in [0.717, 1.165) is 19.0 Å². The first-order valence-electron chi connectivity index (χ1n) is 6.77. The summed E-state index contributed by atoms with van der Waals surface area (Å²) in [6.45, 7) is 14.7. The van der Waals surface area contributed by atoms with Gasteiger partial charge in [-0.1, -0.05) is 20.8 Å². The topological polar surface area (TPSA) is 32.5 Å². The van der Waals surface area contributed by atoms with Crippen LogP contribution in [-0.2, 0) is 0 Å². The Hall–Kier alpha value is -0.120. The van der Waals surface area contributed by atoms with E-state index >= 15 is 0 Å². The molecular weight excluding hydrogens is 198 g/mol. The van der Waals surface area contributed by atoms with Crippen LogP contribution in [0.3, 0.4) is 0 Å². The van der Waals surface area contributed by atoms with Crippen LogP contribution in [0.25, 0.3) is 0 Å². The summed E-state index contributed by atoms with van der Waals surface area (Å²) in [5.41, 5.74) is 6.21. The SMILES string of the molecule is CCN(CC)C1CCN(CC(C)(N)CC)C1. The molecule has 0 spiro atoms. The highest BCUT2D eigenvalue weighted by Crippen LogP contribution is 2.18. The maximum absolute atomic E-state index is 6.23. The van der Waals surface area contributed by atoms with Gasteiger partial charge in [-0.3, -0.25) is 9.80 Å². The van der Waals surface area contributed by atoms with Crippen molar-refractivity contribution >= 4 is 0 Å². The van der Waals surface area contributed by atoms with E-state index < -0.39 is 0 Å². The van der Waals surface area contributed by atoms with E-state index in [-0.39, 0.29) is 5.54 Å². The highest BCUT2D eigenvalue weighted by Gasteiger charge is 2.29. The molecular formula is C13H29N3. The monoisotopic (exact) mass is 227 g/mol. The van der Waals surface area contributed by atoms with Crippen molar-refractivity contribution in [3.8, 4) is 0 Å². The van der Waals surface area contributed by atoms with E-state index in [1.807, 2.05) is 0 Å². The number of hydrogen-bond acceptors (Lipinski definition) is 3. The van der Waals surface area contributed by atoms with Crippen molar-refractivity contribution in [3.63, 3.8) is 0 Å². The van der Waals surface area contributed by atoms with Crippen LogP contribution >= 0.6 is 0 Å². The Morgan fingerprint density at radius 2 is 1.94 bits per heavy atom. The summed E-state index contributed by atoms with van der Waals surface area (Å²) in [6, 6.07) is 0.752. The molecule has 3 nitrogen and oxygen atoms in total. The van der Waals surface area contributed by atoms with E-state index in [0.29, 0.717) is 0 Å². The normalized spacial score (nSPS) is 26.2. The summed E-state index contributed by atoms with van der Waals surface area (Å²) in [5.74, 6) is 0. The Balaban J connectivity index is 2.40. The van der Waals surface area contributed by atoms with Gasteiger partial charge in [0.15, 0.2) is 0 Å². The van der Waals surface area contributed by atoms with Gasteiger partial charge in [0, 0.05) is 24.7 Å². The molecule has 2 unspecified atom stereocenters. The fraction of sp³-hybridized carbons (Fsp3) is 1.00. The summed E-state index contributed by atoms with van der Waals surface area (Å²) in [7, 11) is 0. The van der Waals surface area contributed by atoms with E-state index in [2.05, 4.69) is 37.5 Å². The quantitative estimate of drug-likeness (QED) is 0.747. The van der Waals surface area contributed by atoms with Crippen molar-refractivity contribution in [2.24, 2.45) is 5.73 Å². The van der Waals surface area contributed by atoms with Crippen LogP contribution in [0.1, 0.15) is 40.5 Å². The molecule has 0 saturated carbocycles.